The van der Waals surface area contributed by atoms with Gasteiger partial charge in [0.15, 0.2) is 0 Å². The molecule has 0 saturated heterocycles. The molecular weight excluding hydrogens is 338 g/mol. The predicted molar refractivity (Wildman–Crippen MR) is 85.8 cm³/mol. The largest absolute Gasteiger partial charge is 0.240 e. The molecule has 1 N–H and O–H groups in total. The molecular formula is C15H22BrNO2S. The van der Waals surface area contributed by atoms with E-state index in [1.54, 1.807) is 6.07 Å². The van der Waals surface area contributed by atoms with E-state index in [0.29, 0.717) is 22.2 Å². The molecule has 0 radical (unpaired) electrons. The van der Waals surface area contributed by atoms with Gasteiger partial charge >= 0.3 is 0 Å². The summed E-state index contributed by atoms with van der Waals surface area (Å²) in [6, 6.07) is 5.45. The molecule has 0 amide bonds. The minimum atomic E-state index is -3.39. The molecule has 1 saturated carbocycles. The van der Waals surface area contributed by atoms with Crippen LogP contribution in [0.15, 0.2) is 23.1 Å². The second-order valence-corrected chi connectivity index (χ2v) is 8.78. The zero-order chi connectivity index (χ0) is 14.8. The van der Waals surface area contributed by atoms with Gasteiger partial charge < -0.3 is 0 Å². The molecule has 0 spiro atoms. The van der Waals surface area contributed by atoms with Crippen LogP contribution in [0.3, 0.4) is 0 Å². The van der Waals surface area contributed by atoms with Crippen LogP contribution in [0.25, 0.3) is 0 Å². The first-order valence-corrected chi connectivity index (χ1v) is 9.49. The normalized spacial score (nSPS) is 23.8. The molecule has 0 bridgehead atoms. The van der Waals surface area contributed by atoms with E-state index in [9.17, 15) is 8.42 Å². The van der Waals surface area contributed by atoms with Gasteiger partial charge in [-0.05, 0) is 50.7 Å². The molecule has 1 aliphatic rings. The standard InChI is InChI=1S/C15H22BrNO2S/c1-11-6-7-15(12(2)8-11)20(18,19)17-10-13-4-3-5-14(16)9-13/h6-8,13-14,17H,3-5,9-10H2,1-2H3. The second kappa shape index (κ2) is 6.58. The van der Waals surface area contributed by atoms with Crippen molar-refractivity contribution in [3.05, 3.63) is 29.3 Å². The summed E-state index contributed by atoms with van der Waals surface area (Å²) in [5.74, 6) is 0.439. The van der Waals surface area contributed by atoms with Gasteiger partial charge in [0.25, 0.3) is 0 Å². The number of sulfonamides is 1. The lowest BCUT2D eigenvalue weighted by molar-refractivity contribution is 0.368. The minimum Gasteiger partial charge on any atom is -0.211 e. The van der Waals surface area contributed by atoms with Crippen molar-refractivity contribution in [1.82, 2.24) is 4.72 Å². The summed E-state index contributed by atoms with van der Waals surface area (Å²) >= 11 is 3.64. The summed E-state index contributed by atoms with van der Waals surface area (Å²) in [5.41, 5.74) is 1.88. The fourth-order valence-corrected chi connectivity index (χ4v) is 5.01. The summed E-state index contributed by atoms with van der Waals surface area (Å²) in [4.78, 5) is 0.932. The Morgan fingerprint density at radius 2 is 2.05 bits per heavy atom. The van der Waals surface area contributed by atoms with Crippen molar-refractivity contribution < 1.29 is 8.42 Å². The van der Waals surface area contributed by atoms with Crippen LogP contribution in [0.1, 0.15) is 36.8 Å². The number of hydrogen-bond donors (Lipinski definition) is 1. The SMILES string of the molecule is Cc1ccc(S(=O)(=O)NCC2CCCC(Br)C2)c(C)c1. The highest BCUT2D eigenvalue weighted by Gasteiger charge is 2.23. The van der Waals surface area contributed by atoms with Gasteiger partial charge in [-0.2, -0.15) is 0 Å². The van der Waals surface area contributed by atoms with Crippen LogP contribution in [0.5, 0.6) is 0 Å². The number of halogens is 1. The Bertz CT molecular complexity index is 571. The molecule has 0 aliphatic heterocycles. The second-order valence-electron chi connectivity index (χ2n) is 5.75. The zero-order valence-corrected chi connectivity index (χ0v) is 14.4. The topological polar surface area (TPSA) is 46.2 Å². The highest BCUT2D eigenvalue weighted by Crippen LogP contribution is 2.28. The van der Waals surface area contributed by atoms with Gasteiger partial charge in [-0.3, -0.25) is 0 Å². The van der Waals surface area contributed by atoms with E-state index in [0.717, 1.165) is 24.0 Å². The van der Waals surface area contributed by atoms with Gasteiger partial charge in [0.05, 0.1) is 4.90 Å². The Morgan fingerprint density at radius 1 is 1.30 bits per heavy atom. The van der Waals surface area contributed by atoms with Gasteiger partial charge in [-0.25, -0.2) is 13.1 Å². The van der Waals surface area contributed by atoms with Crippen LogP contribution in [0.4, 0.5) is 0 Å². The fraction of sp³-hybridized carbons (Fsp3) is 0.600. The van der Waals surface area contributed by atoms with E-state index in [1.165, 1.54) is 12.8 Å². The number of hydrogen-bond acceptors (Lipinski definition) is 2. The van der Waals surface area contributed by atoms with Gasteiger partial charge in [0.1, 0.15) is 0 Å². The van der Waals surface area contributed by atoms with Crippen molar-refractivity contribution >= 4 is 26.0 Å². The van der Waals surface area contributed by atoms with Crippen LogP contribution in [-0.2, 0) is 10.0 Å². The zero-order valence-electron chi connectivity index (χ0n) is 12.0. The van der Waals surface area contributed by atoms with Crippen molar-refractivity contribution in [3.8, 4) is 0 Å². The molecule has 1 aromatic rings. The maximum absolute atomic E-state index is 12.4. The van der Waals surface area contributed by atoms with Gasteiger partial charge in [-0.1, -0.05) is 40.0 Å². The van der Waals surface area contributed by atoms with Crippen molar-refractivity contribution in [2.75, 3.05) is 6.54 Å². The Morgan fingerprint density at radius 3 is 2.70 bits per heavy atom. The fourth-order valence-electron chi connectivity index (χ4n) is 2.82. The van der Waals surface area contributed by atoms with Crippen molar-refractivity contribution in [2.24, 2.45) is 5.92 Å². The van der Waals surface area contributed by atoms with E-state index >= 15 is 0 Å². The molecule has 3 nitrogen and oxygen atoms in total. The lowest BCUT2D eigenvalue weighted by Crippen LogP contribution is -2.32. The molecule has 5 heteroatoms. The van der Waals surface area contributed by atoms with Crippen LogP contribution >= 0.6 is 15.9 Å². The van der Waals surface area contributed by atoms with E-state index in [1.807, 2.05) is 26.0 Å². The molecule has 112 valence electrons. The highest BCUT2D eigenvalue weighted by atomic mass is 79.9. The monoisotopic (exact) mass is 359 g/mol. The number of benzene rings is 1. The number of rotatable bonds is 4. The lowest BCUT2D eigenvalue weighted by atomic mass is 9.89. The van der Waals surface area contributed by atoms with Crippen molar-refractivity contribution in [1.29, 1.82) is 0 Å². The lowest BCUT2D eigenvalue weighted by Gasteiger charge is -2.25. The molecule has 0 heterocycles. The Hall–Kier alpha value is -0.390. The third-order valence-corrected chi connectivity index (χ3v) is 6.32. The molecule has 1 aliphatic carbocycles. The average molecular weight is 360 g/mol. The van der Waals surface area contributed by atoms with Crippen molar-refractivity contribution in [2.45, 2.75) is 49.3 Å². The van der Waals surface area contributed by atoms with Crippen LogP contribution in [0.2, 0.25) is 0 Å². The highest BCUT2D eigenvalue weighted by molar-refractivity contribution is 9.09. The third kappa shape index (κ3) is 4.06. The molecule has 2 unspecified atom stereocenters. The van der Waals surface area contributed by atoms with E-state index in [-0.39, 0.29) is 0 Å². The Balaban J connectivity index is 2.03. The summed E-state index contributed by atoms with van der Waals surface area (Å²) < 4.78 is 27.5. The first kappa shape index (κ1) is 16.0. The summed E-state index contributed by atoms with van der Waals surface area (Å²) in [5, 5.41) is 0. The number of nitrogens with one attached hydrogen (secondary N) is 1. The Kier molecular flexibility index (Phi) is 5.26. The summed E-state index contributed by atoms with van der Waals surface area (Å²) in [7, 11) is -3.39. The smallest absolute Gasteiger partial charge is 0.211 e. The summed E-state index contributed by atoms with van der Waals surface area (Å²) in [6.07, 6.45) is 4.53. The molecule has 2 rings (SSSR count). The first-order chi connectivity index (χ1) is 9.38. The van der Waals surface area contributed by atoms with Gasteiger partial charge in [0.2, 0.25) is 10.0 Å². The number of alkyl halides is 1. The third-order valence-electron chi connectivity index (χ3n) is 3.90. The predicted octanol–water partition coefficient (Wildman–Crippen LogP) is 3.54. The van der Waals surface area contributed by atoms with E-state index in [2.05, 4.69) is 20.7 Å². The van der Waals surface area contributed by atoms with E-state index < -0.39 is 10.0 Å². The van der Waals surface area contributed by atoms with Crippen molar-refractivity contribution in [3.63, 3.8) is 0 Å². The van der Waals surface area contributed by atoms with Gasteiger partial charge in [-0.15, -0.1) is 0 Å². The van der Waals surface area contributed by atoms with E-state index in [4.69, 9.17) is 0 Å². The average Bonchev–Trinajstić information content (AvgIpc) is 2.36. The van der Waals surface area contributed by atoms with Crippen LogP contribution in [0, 0.1) is 19.8 Å². The molecule has 20 heavy (non-hydrogen) atoms. The molecule has 1 fully saturated rings. The summed E-state index contributed by atoms with van der Waals surface area (Å²) in [6.45, 7) is 4.35. The Labute approximate surface area is 130 Å². The maximum Gasteiger partial charge on any atom is 0.240 e. The molecule has 0 aromatic heterocycles. The van der Waals surface area contributed by atoms with Gasteiger partial charge in [0, 0.05) is 11.4 Å². The maximum atomic E-state index is 12.4. The first-order valence-electron chi connectivity index (χ1n) is 7.09. The number of aryl methyl sites for hydroxylation is 2. The minimum absolute atomic E-state index is 0.398. The molecule has 2 atom stereocenters. The molecule has 1 aromatic carbocycles. The van der Waals surface area contributed by atoms with Crippen LogP contribution < -0.4 is 4.72 Å². The quantitative estimate of drug-likeness (QED) is 0.835. The van der Waals surface area contributed by atoms with Crippen LogP contribution in [-0.4, -0.2) is 19.8 Å².